The minimum Gasteiger partial charge on any atom is -0.486 e. The van der Waals surface area contributed by atoms with Crippen molar-refractivity contribution in [3.63, 3.8) is 0 Å². The number of fused-ring (bicyclic) bond motifs is 1. The molecule has 1 atom stereocenters. The molecule has 0 radical (unpaired) electrons. The van der Waals surface area contributed by atoms with Gasteiger partial charge in [0.25, 0.3) is 5.91 Å². The van der Waals surface area contributed by atoms with Crippen molar-refractivity contribution in [2.75, 3.05) is 31.7 Å². The lowest BCUT2D eigenvalue weighted by Crippen LogP contribution is -2.31. The van der Waals surface area contributed by atoms with Crippen molar-refractivity contribution in [3.8, 4) is 11.5 Å². The van der Waals surface area contributed by atoms with Gasteiger partial charge >= 0.3 is 5.97 Å². The zero-order valence-electron chi connectivity index (χ0n) is 12.6. The van der Waals surface area contributed by atoms with Gasteiger partial charge < -0.3 is 24.3 Å². The summed E-state index contributed by atoms with van der Waals surface area (Å²) in [5.41, 5.74) is 0.543. The van der Waals surface area contributed by atoms with E-state index in [-0.39, 0.29) is 6.61 Å². The van der Waals surface area contributed by atoms with Crippen molar-refractivity contribution in [2.45, 2.75) is 20.0 Å². The van der Waals surface area contributed by atoms with Crippen LogP contribution in [0.3, 0.4) is 0 Å². The molecule has 1 aromatic carbocycles. The van der Waals surface area contributed by atoms with E-state index in [9.17, 15) is 9.59 Å². The number of benzene rings is 1. The molecule has 0 unspecified atom stereocenters. The quantitative estimate of drug-likeness (QED) is 0.799. The van der Waals surface area contributed by atoms with Crippen molar-refractivity contribution in [1.82, 2.24) is 0 Å². The lowest BCUT2D eigenvalue weighted by Gasteiger charge is -2.19. The second-order valence-corrected chi connectivity index (χ2v) is 4.62. The van der Waals surface area contributed by atoms with Gasteiger partial charge in [0.2, 0.25) is 0 Å². The summed E-state index contributed by atoms with van der Waals surface area (Å²) >= 11 is 0. The molecule has 7 nitrogen and oxygen atoms in total. The monoisotopic (exact) mass is 309 g/mol. The molecule has 2 rings (SSSR count). The largest absolute Gasteiger partial charge is 0.486 e. The Hall–Kier alpha value is -2.28. The topological polar surface area (TPSA) is 83.1 Å². The molecule has 0 bridgehead atoms. The van der Waals surface area contributed by atoms with Crippen molar-refractivity contribution in [1.29, 1.82) is 0 Å². The van der Waals surface area contributed by atoms with Crippen molar-refractivity contribution in [3.05, 3.63) is 18.2 Å². The lowest BCUT2D eigenvalue weighted by atomic mass is 10.2. The third-order valence-corrected chi connectivity index (χ3v) is 2.91. The average molecular weight is 309 g/mol. The Kier molecular flexibility index (Phi) is 5.60. The minimum absolute atomic E-state index is 0.169. The van der Waals surface area contributed by atoms with Crippen LogP contribution in [0, 0.1) is 0 Å². The summed E-state index contributed by atoms with van der Waals surface area (Å²) in [4.78, 5) is 23.4. The molecule has 0 spiro atoms. The minimum atomic E-state index is -0.916. The molecule has 0 aliphatic carbocycles. The van der Waals surface area contributed by atoms with E-state index in [0.717, 1.165) is 0 Å². The lowest BCUT2D eigenvalue weighted by molar-refractivity contribution is -0.157. The Labute approximate surface area is 128 Å². The fourth-order valence-corrected chi connectivity index (χ4v) is 1.84. The van der Waals surface area contributed by atoms with Crippen LogP contribution in [0.2, 0.25) is 0 Å². The highest BCUT2D eigenvalue weighted by Crippen LogP contribution is 2.32. The zero-order chi connectivity index (χ0) is 15.9. The number of carbonyl (C=O) groups excluding carboxylic acids is 2. The number of amides is 1. The molecular formula is C15H19NO6. The summed E-state index contributed by atoms with van der Waals surface area (Å²) in [6.07, 6.45) is -0.916. The summed E-state index contributed by atoms with van der Waals surface area (Å²) in [7, 11) is 0. The normalized spacial score (nSPS) is 14.1. The van der Waals surface area contributed by atoms with E-state index in [2.05, 4.69) is 5.32 Å². The highest BCUT2D eigenvalue weighted by molar-refractivity contribution is 5.95. The maximum Gasteiger partial charge on any atom is 0.332 e. The molecule has 1 amide bonds. The van der Waals surface area contributed by atoms with E-state index in [1.54, 1.807) is 25.1 Å². The fraction of sp³-hybridized carbons (Fsp3) is 0.467. The van der Waals surface area contributed by atoms with E-state index in [1.165, 1.54) is 6.92 Å². The number of carbonyl (C=O) groups is 2. The van der Waals surface area contributed by atoms with Gasteiger partial charge in [-0.3, -0.25) is 4.79 Å². The molecule has 7 heteroatoms. The second kappa shape index (κ2) is 7.65. The van der Waals surface area contributed by atoms with Gasteiger partial charge in [0, 0.05) is 18.4 Å². The van der Waals surface area contributed by atoms with Crippen LogP contribution < -0.4 is 14.8 Å². The Balaban J connectivity index is 1.89. The summed E-state index contributed by atoms with van der Waals surface area (Å²) in [6.45, 7) is 4.48. The molecule has 0 aromatic heterocycles. The van der Waals surface area contributed by atoms with Crippen LogP contribution in [0.25, 0.3) is 0 Å². The van der Waals surface area contributed by atoms with Gasteiger partial charge in [0.15, 0.2) is 17.6 Å². The van der Waals surface area contributed by atoms with Crippen LogP contribution in [0.1, 0.15) is 13.8 Å². The second-order valence-electron chi connectivity index (χ2n) is 4.62. The maximum atomic E-state index is 12.0. The number of anilines is 1. The first-order valence-corrected chi connectivity index (χ1v) is 7.08. The number of hydrogen-bond donors (Lipinski definition) is 1. The van der Waals surface area contributed by atoms with E-state index in [0.29, 0.717) is 37.0 Å². The van der Waals surface area contributed by atoms with E-state index in [4.69, 9.17) is 18.9 Å². The first-order valence-electron chi connectivity index (χ1n) is 7.08. The van der Waals surface area contributed by atoms with E-state index >= 15 is 0 Å². The van der Waals surface area contributed by atoms with Crippen LogP contribution in [0.4, 0.5) is 5.69 Å². The first kappa shape index (κ1) is 16.1. The molecule has 22 heavy (non-hydrogen) atoms. The van der Waals surface area contributed by atoms with Gasteiger partial charge in [-0.05, 0) is 26.0 Å². The molecule has 120 valence electrons. The van der Waals surface area contributed by atoms with Crippen molar-refractivity contribution < 1.29 is 28.5 Å². The van der Waals surface area contributed by atoms with E-state index in [1.807, 2.05) is 0 Å². The highest BCUT2D eigenvalue weighted by atomic mass is 16.6. The zero-order valence-corrected chi connectivity index (χ0v) is 12.6. The molecule has 1 aliphatic heterocycles. The molecule has 1 heterocycles. The SMILES string of the molecule is CCOCC(=O)O[C@@H](C)C(=O)Nc1ccc2c(c1)OCCO2. The number of ether oxygens (including phenoxy) is 4. The molecule has 0 fully saturated rings. The Morgan fingerprint density at radius 1 is 1.27 bits per heavy atom. The smallest absolute Gasteiger partial charge is 0.332 e. The van der Waals surface area contributed by atoms with Crippen LogP contribution in [-0.2, 0) is 19.1 Å². The van der Waals surface area contributed by atoms with Gasteiger partial charge in [0.05, 0.1) is 0 Å². The molecule has 1 N–H and O–H groups in total. The standard InChI is InChI=1S/C15H19NO6/c1-3-19-9-14(17)22-10(2)15(18)16-11-4-5-12-13(8-11)21-7-6-20-12/h4-5,8,10H,3,6-7,9H2,1-2H3,(H,16,18)/t10-/m0/s1. The summed E-state index contributed by atoms with van der Waals surface area (Å²) in [5, 5.41) is 2.66. The first-order chi connectivity index (χ1) is 10.6. The van der Waals surface area contributed by atoms with Gasteiger partial charge in [-0.2, -0.15) is 0 Å². The fourth-order valence-electron chi connectivity index (χ4n) is 1.84. The molecule has 0 saturated heterocycles. The average Bonchev–Trinajstić information content (AvgIpc) is 2.52. The van der Waals surface area contributed by atoms with Gasteiger partial charge in [0.1, 0.15) is 19.8 Å². The van der Waals surface area contributed by atoms with Crippen LogP contribution >= 0.6 is 0 Å². The number of nitrogens with one attached hydrogen (secondary N) is 1. The molecule has 1 aliphatic rings. The third-order valence-electron chi connectivity index (χ3n) is 2.91. The van der Waals surface area contributed by atoms with Gasteiger partial charge in [-0.15, -0.1) is 0 Å². The number of hydrogen-bond acceptors (Lipinski definition) is 6. The van der Waals surface area contributed by atoms with Gasteiger partial charge in [-0.1, -0.05) is 0 Å². The number of esters is 1. The Morgan fingerprint density at radius 3 is 2.73 bits per heavy atom. The molecular weight excluding hydrogens is 290 g/mol. The predicted octanol–water partition coefficient (Wildman–Crippen LogP) is 1.36. The van der Waals surface area contributed by atoms with Crippen molar-refractivity contribution in [2.24, 2.45) is 0 Å². The summed E-state index contributed by atoms with van der Waals surface area (Å²) in [5.74, 6) is 0.207. The Morgan fingerprint density at radius 2 is 2.00 bits per heavy atom. The Bertz CT molecular complexity index is 545. The summed E-state index contributed by atoms with van der Waals surface area (Å²) < 4.78 is 20.7. The van der Waals surface area contributed by atoms with Crippen LogP contribution in [-0.4, -0.2) is 44.4 Å². The third kappa shape index (κ3) is 4.36. The van der Waals surface area contributed by atoms with Gasteiger partial charge in [-0.25, -0.2) is 4.79 Å². The molecule has 1 aromatic rings. The van der Waals surface area contributed by atoms with Crippen molar-refractivity contribution >= 4 is 17.6 Å². The highest BCUT2D eigenvalue weighted by Gasteiger charge is 2.19. The van der Waals surface area contributed by atoms with E-state index < -0.39 is 18.0 Å². The number of rotatable bonds is 6. The predicted molar refractivity (Wildman–Crippen MR) is 78.1 cm³/mol. The summed E-state index contributed by atoms with van der Waals surface area (Å²) in [6, 6.07) is 5.08. The molecule has 0 saturated carbocycles. The maximum absolute atomic E-state index is 12.0. The van der Waals surface area contributed by atoms with Crippen LogP contribution in [0.15, 0.2) is 18.2 Å². The van der Waals surface area contributed by atoms with Crippen LogP contribution in [0.5, 0.6) is 11.5 Å².